The number of aromatic nitrogens is 5. The van der Waals surface area contributed by atoms with E-state index in [-0.39, 0.29) is 11.6 Å². The van der Waals surface area contributed by atoms with E-state index in [2.05, 4.69) is 25.8 Å². The molecule has 134 valence electrons. The van der Waals surface area contributed by atoms with Crippen molar-refractivity contribution in [3.8, 4) is 10.6 Å². The van der Waals surface area contributed by atoms with Gasteiger partial charge in [0.25, 0.3) is 5.91 Å². The lowest BCUT2D eigenvalue weighted by Gasteiger charge is -2.00. The van der Waals surface area contributed by atoms with E-state index in [4.69, 9.17) is 0 Å². The quantitative estimate of drug-likeness (QED) is 0.559. The molecule has 0 atom stereocenters. The molecule has 1 amide bonds. The van der Waals surface area contributed by atoms with Crippen LogP contribution >= 0.6 is 11.3 Å². The summed E-state index contributed by atoms with van der Waals surface area (Å²) in [7, 11) is 0. The van der Waals surface area contributed by atoms with E-state index >= 15 is 0 Å². The van der Waals surface area contributed by atoms with Crippen molar-refractivity contribution in [2.45, 2.75) is 13.1 Å². The third-order valence-corrected chi connectivity index (χ3v) is 4.82. The zero-order valence-corrected chi connectivity index (χ0v) is 15.1. The predicted octanol–water partition coefficient (Wildman–Crippen LogP) is 2.77. The Balaban J connectivity index is 1.35. The highest BCUT2D eigenvalue weighted by molar-refractivity contribution is 7.14. The van der Waals surface area contributed by atoms with E-state index in [0.29, 0.717) is 13.1 Å². The highest BCUT2D eigenvalue weighted by Crippen LogP contribution is 2.22. The van der Waals surface area contributed by atoms with Gasteiger partial charge < -0.3 is 5.32 Å². The van der Waals surface area contributed by atoms with Crippen LogP contribution in [-0.2, 0) is 13.1 Å². The molecule has 4 aromatic rings. The molecule has 7 nitrogen and oxygen atoms in total. The van der Waals surface area contributed by atoms with Gasteiger partial charge in [0.1, 0.15) is 10.0 Å². The van der Waals surface area contributed by atoms with Crippen LogP contribution < -0.4 is 5.32 Å². The van der Waals surface area contributed by atoms with Crippen LogP contribution in [0.5, 0.6) is 0 Å². The molecule has 2 aromatic carbocycles. The number of hydrogen-bond acceptors (Lipinski definition) is 6. The Kier molecular flexibility index (Phi) is 4.97. The van der Waals surface area contributed by atoms with Crippen LogP contribution in [0.4, 0.5) is 0 Å². The van der Waals surface area contributed by atoms with Gasteiger partial charge in [-0.15, -0.1) is 15.3 Å². The van der Waals surface area contributed by atoms with Crippen molar-refractivity contribution in [2.24, 2.45) is 0 Å². The Hall–Kier alpha value is -3.39. The largest absolute Gasteiger partial charge is 0.344 e. The van der Waals surface area contributed by atoms with Crippen LogP contribution in [0.3, 0.4) is 0 Å². The lowest BCUT2D eigenvalue weighted by atomic mass is 10.2. The number of nitrogens with zero attached hydrogens (tertiary/aromatic N) is 5. The Morgan fingerprint density at radius 2 is 1.70 bits per heavy atom. The molecule has 0 unspecified atom stereocenters. The van der Waals surface area contributed by atoms with E-state index in [1.54, 1.807) is 10.9 Å². The predicted molar refractivity (Wildman–Crippen MR) is 102 cm³/mol. The Morgan fingerprint density at radius 1 is 0.963 bits per heavy atom. The second-order valence-corrected chi connectivity index (χ2v) is 6.90. The first-order chi connectivity index (χ1) is 13.3. The van der Waals surface area contributed by atoms with Crippen molar-refractivity contribution in [2.75, 3.05) is 0 Å². The van der Waals surface area contributed by atoms with Gasteiger partial charge in [-0.1, -0.05) is 77.2 Å². The van der Waals surface area contributed by atoms with Crippen molar-refractivity contribution in [3.05, 3.63) is 83.1 Å². The first-order valence-corrected chi connectivity index (χ1v) is 9.19. The summed E-state index contributed by atoms with van der Waals surface area (Å²) < 4.78 is 1.64. The molecule has 0 fully saturated rings. The van der Waals surface area contributed by atoms with Crippen LogP contribution in [0.1, 0.15) is 21.1 Å². The maximum atomic E-state index is 12.3. The van der Waals surface area contributed by atoms with E-state index in [1.165, 1.54) is 11.3 Å². The number of amides is 1. The van der Waals surface area contributed by atoms with Gasteiger partial charge in [-0.05, 0) is 5.56 Å². The van der Waals surface area contributed by atoms with Crippen LogP contribution in [0.2, 0.25) is 0 Å². The van der Waals surface area contributed by atoms with E-state index in [1.807, 2.05) is 60.7 Å². The Labute approximate surface area is 159 Å². The lowest BCUT2D eigenvalue weighted by molar-refractivity contribution is 0.0945. The van der Waals surface area contributed by atoms with Gasteiger partial charge in [0.15, 0.2) is 5.69 Å². The summed E-state index contributed by atoms with van der Waals surface area (Å²) in [5, 5.41) is 20.6. The number of benzene rings is 2. The molecule has 1 N–H and O–H groups in total. The monoisotopic (exact) mass is 376 g/mol. The minimum absolute atomic E-state index is 0.277. The molecular formula is C19H16N6OS. The third-order valence-electron chi connectivity index (χ3n) is 3.85. The van der Waals surface area contributed by atoms with Crippen molar-refractivity contribution in [3.63, 3.8) is 0 Å². The topological polar surface area (TPSA) is 85.6 Å². The van der Waals surface area contributed by atoms with Gasteiger partial charge in [0.05, 0.1) is 19.3 Å². The fourth-order valence-electron chi connectivity index (χ4n) is 2.52. The number of rotatable bonds is 6. The molecule has 2 heterocycles. The lowest BCUT2D eigenvalue weighted by Crippen LogP contribution is -2.23. The van der Waals surface area contributed by atoms with E-state index < -0.39 is 0 Å². The van der Waals surface area contributed by atoms with E-state index in [0.717, 1.165) is 21.1 Å². The van der Waals surface area contributed by atoms with Gasteiger partial charge in [-0.2, -0.15) is 0 Å². The molecule has 27 heavy (non-hydrogen) atoms. The van der Waals surface area contributed by atoms with Crippen molar-refractivity contribution < 1.29 is 4.79 Å². The van der Waals surface area contributed by atoms with Gasteiger partial charge in [0, 0.05) is 5.56 Å². The standard InChI is InChI=1S/C19H16N6OS/c26-18(16-13-25(24-21-16)12-14-7-3-1-4-8-14)20-11-17-22-23-19(27-17)15-9-5-2-6-10-15/h1-10,13H,11-12H2,(H,20,26). The molecule has 8 heteroatoms. The van der Waals surface area contributed by atoms with Gasteiger partial charge in [-0.25, -0.2) is 4.68 Å². The second kappa shape index (κ2) is 7.88. The smallest absolute Gasteiger partial charge is 0.273 e. The van der Waals surface area contributed by atoms with Crippen LogP contribution in [0.15, 0.2) is 66.9 Å². The maximum absolute atomic E-state index is 12.3. The molecule has 0 bridgehead atoms. The molecule has 4 rings (SSSR count). The SMILES string of the molecule is O=C(NCc1nnc(-c2ccccc2)s1)c1cn(Cc2ccccc2)nn1. The molecule has 0 aliphatic carbocycles. The molecule has 0 aliphatic heterocycles. The van der Waals surface area contributed by atoms with Gasteiger partial charge >= 0.3 is 0 Å². The first-order valence-electron chi connectivity index (χ1n) is 8.38. The second-order valence-electron chi connectivity index (χ2n) is 5.84. The molecule has 0 saturated heterocycles. The number of carbonyl (C=O) groups excluding carboxylic acids is 1. The zero-order valence-electron chi connectivity index (χ0n) is 14.3. The van der Waals surface area contributed by atoms with Crippen LogP contribution in [0, 0.1) is 0 Å². The highest BCUT2D eigenvalue weighted by atomic mass is 32.1. The molecule has 0 aliphatic rings. The maximum Gasteiger partial charge on any atom is 0.273 e. The van der Waals surface area contributed by atoms with Crippen LogP contribution in [-0.4, -0.2) is 31.1 Å². The van der Waals surface area contributed by atoms with Crippen molar-refractivity contribution >= 4 is 17.2 Å². The molecule has 2 aromatic heterocycles. The normalized spacial score (nSPS) is 10.7. The van der Waals surface area contributed by atoms with Crippen LogP contribution in [0.25, 0.3) is 10.6 Å². The average molecular weight is 376 g/mol. The summed E-state index contributed by atoms with van der Waals surface area (Å²) in [6.07, 6.45) is 1.64. The molecular weight excluding hydrogens is 360 g/mol. The number of nitrogens with one attached hydrogen (secondary N) is 1. The zero-order chi connectivity index (χ0) is 18.5. The van der Waals surface area contributed by atoms with E-state index in [9.17, 15) is 4.79 Å². The molecule has 0 spiro atoms. The highest BCUT2D eigenvalue weighted by Gasteiger charge is 2.12. The summed E-state index contributed by atoms with van der Waals surface area (Å²) in [6, 6.07) is 19.7. The first kappa shape index (κ1) is 17.0. The summed E-state index contributed by atoms with van der Waals surface area (Å²) >= 11 is 1.45. The summed E-state index contributed by atoms with van der Waals surface area (Å²) in [6.45, 7) is 0.868. The minimum atomic E-state index is -0.286. The summed E-state index contributed by atoms with van der Waals surface area (Å²) in [5.74, 6) is -0.286. The fourth-order valence-corrected chi connectivity index (χ4v) is 3.30. The minimum Gasteiger partial charge on any atom is -0.344 e. The number of hydrogen-bond donors (Lipinski definition) is 1. The average Bonchev–Trinajstić information content (AvgIpc) is 3.37. The third kappa shape index (κ3) is 4.24. The molecule has 0 saturated carbocycles. The van der Waals surface area contributed by atoms with Crippen molar-refractivity contribution in [1.29, 1.82) is 0 Å². The Morgan fingerprint density at radius 3 is 2.48 bits per heavy atom. The summed E-state index contributed by atoms with van der Waals surface area (Å²) in [4.78, 5) is 12.3. The van der Waals surface area contributed by atoms with Crippen molar-refractivity contribution in [1.82, 2.24) is 30.5 Å². The summed E-state index contributed by atoms with van der Waals surface area (Å²) in [5.41, 5.74) is 2.38. The van der Waals surface area contributed by atoms with Gasteiger partial charge in [-0.3, -0.25) is 4.79 Å². The number of carbonyl (C=O) groups is 1. The fraction of sp³-hybridized carbons (Fsp3) is 0.105. The van der Waals surface area contributed by atoms with Gasteiger partial charge in [0.2, 0.25) is 0 Å². The Bertz CT molecular complexity index is 1030. The molecule has 0 radical (unpaired) electrons.